The van der Waals surface area contributed by atoms with E-state index in [0.717, 1.165) is 37.7 Å². The van der Waals surface area contributed by atoms with Crippen molar-refractivity contribution in [1.29, 1.82) is 0 Å². The summed E-state index contributed by atoms with van der Waals surface area (Å²) in [5.41, 5.74) is 1.18. The van der Waals surface area contributed by atoms with E-state index < -0.39 is 0 Å². The number of nitrogens with one attached hydrogen (secondary N) is 1. The standard InChI is InChI=1S/C11H17N3S/c1-15-11-4-2-3-10(13-11)9-14-7-5-12-6-8-14/h2-4,12H,5-9H2,1H3. The largest absolute Gasteiger partial charge is 0.314 e. The summed E-state index contributed by atoms with van der Waals surface area (Å²) in [7, 11) is 0. The van der Waals surface area contributed by atoms with Crippen molar-refractivity contribution in [2.45, 2.75) is 11.6 Å². The zero-order valence-electron chi connectivity index (χ0n) is 9.07. The number of hydrogen-bond acceptors (Lipinski definition) is 4. The third-order valence-corrected chi connectivity index (χ3v) is 3.23. The lowest BCUT2D eigenvalue weighted by Gasteiger charge is -2.26. The molecule has 0 atom stereocenters. The Kier molecular flexibility index (Phi) is 4.00. The van der Waals surface area contributed by atoms with E-state index in [1.165, 1.54) is 5.69 Å². The van der Waals surface area contributed by atoms with Crippen LogP contribution in [0.1, 0.15) is 5.69 Å². The maximum Gasteiger partial charge on any atom is 0.0961 e. The summed E-state index contributed by atoms with van der Waals surface area (Å²) < 4.78 is 0. The van der Waals surface area contributed by atoms with Gasteiger partial charge in [-0.2, -0.15) is 0 Å². The molecule has 0 radical (unpaired) electrons. The van der Waals surface area contributed by atoms with Crippen molar-refractivity contribution in [3.63, 3.8) is 0 Å². The van der Waals surface area contributed by atoms with Gasteiger partial charge in [0.1, 0.15) is 0 Å². The third kappa shape index (κ3) is 3.19. The zero-order chi connectivity index (χ0) is 10.5. The number of aromatic nitrogens is 1. The first-order chi connectivity index (χ1) is 7.38. The Morgan fingerprint density at radius 2 is 2.20 bits per heavy atom. The molecule has 1 aliphatic heterocycles. The molecule has 1 saturated heterocycles. The summed E-state index contributed by atoms with van der Waals surface area (Å²) in [5, 5.41) is 4.47. The quantitative estimate of drug-likeness (QED) is 0.780. The number of thioether (sulfide) groups is 1. The van der Waals surface area contributed by atoms with Crippen LogP contribution in [0, 0.1) is 0 Å². The van der Waals surface area contributed by atoms with Crippen LogP contribution in [0.2, 0.25) is 0 Å². The minimum Gasteiger partial charge on any atom is -0.314 e. The van der Waals surface area contributed by atoms with Gasteiger partial charge in [-0.25, -0.2) is 4.98 Å². The van der Waals surface area contributed by atoms with Crippen LogP contribution in [0.25, 0.3) is 0 Å². The normalized spacial score (nSPS) is 17.9. The van der Waals surface area contributed by atoms with Crippen molar-refractivity contribution >= 4 is 11.8 Å². The maximum atomic E-state index is 4.59. The van der Waals surface area contributed by atoms with Crippen molar-refractivity contribution in [1.82, 2.24) is 15.2 Å². The van der Waals surface area contributed by atoms with Gasteiger partial charge in [0.2, 0.25) is 0 Å². The summed E-state index contributed by atoms with van der Waals surface area (Å²) >= 11 is 1.70. The maximum absolute atomic E-state index is 4.59. The van der Waals surface area contributed by atoms with Crippen LogP contribution in [0.5, 0.6) is 0 Å². The van der Waals surface area contributed by atoms with E-state index in [1.54, 1.807) is 11.8 Å². The van der Waals surface area contributed by atoms with Crippen molar-refractivity contribution in [3.8, 4) is 0 Å². The molecule has 1 fully saturated rings. The fraction of sp³-hybridized carbons (Fsp3) is 0.545. The van der Waals surface area contributed by atoms with Gasteiger partial charge in [-0.3, -0.25) is 4.90 Å². The van der Waals surface area contributed by atoms with Gasteiger partial charge in [0.05, 0.1) is 10.7 Å². The third-order valence-electron chi connectivity index (χ3n) is 2.59. The van der Waals surface area contributed by atoms with Gasteiger partial charge in [0, 0.05) is 32.7 Å². The molecule has 82 valence electrons. The molecular formula is C11H17N3S. The Balaban J connectivity index is 1.96. The molecule has 4 heteroatoms. The van der Waals surface area contributed by atoms with Crippen LogP contribution in [0.4, 0.5) is 0 Å². The number of hydrogen-bond donors (Lipinski definition) is 1. The molecule has 0 aromatic carbocycles. The molecule has 1 aliphatic rings. The average molecular weight is 223 g/mol. The van der Waals surface area contributed by atoms with E-state index in [2.05, 4.69) is 39.7 Å². The first-order valence-corrected chi connectivity index (χ1v) is 6.54. The summed E-state index contributed by atoms with van der Waals surface area (Å²) in [6.45, 7) is 5.44. The summed E-state index contributed by atoms with van der Waals surface area (Å²) in [6.07, 6.45) is 2.07. The second-order valence-corrected chi connectivity index (χ2v) is 4.52. The fourth-order valence-electron chi connectivity index (χ4n) is 1.76. The number of rotatable bonds is 3. The average Bonchev–Trinajstić information content (AvgIpc) is 2.31. The minimum atomic E-state index is 0.982. The predicted molar refractivity (Wildman–Crippen MR) is 64.2 cm³/mol. The number of pyridine rings is 1. The van der Waals surface area contributed by atoms with Crippen LogP contribution >= 0.6 is 11.8 Å². The molecule has 2 heterocycles. The molecule has 2 rings (SSSR count). The molecule has 0 bridgehead atoms. The summed E-state index contributed by atoms with van der Waals surface area (Å²) in [6, 6.07) is 6.27. The lowest BCUT2D eigenvalue weighted by atomic mass is 10.3. The van der Waals surface area contributed by atoms with E-state index in [1.807, 2.05) is 0 Å². The summed E-state index contributed by atoms with van der Waals surface area (Å²) in [4.78, 5) is 7.03. The number of piperazine rings is 1. The molecule has 0 aliphatic carbocycles. The highest BCUT2D eigenvalue weighted by atomic mass is 32.2. The topological polar surface area (TPSA) is 28.2 Å². The SMILES string of the molecule is CSc1cccc(CN2CCNCC2)n1. The molecular weight excluding hydrogens is 206 g/mol. The first-order valence-electron chi connectivity index (χ1n) is 5.31. The monoisotopic (exact) mass is 223 g/mol. The molecule has 1 aromatic rings. The Morgan fingerprint density at radius 1 is 1.40 bits per heavy atom. The van der Waals surface area contributed by atoms with Crippen LogP contribution in [0.15, 0.2) is 23.2 Å². The number of nitrogens with zero attached hydrogens (tertiary/aromatic N) is 2. The van der Waals surface area contributed by atoms with Crippen molar-refractivity contribution in [3.05, 3.63) is 23.9 Å². The Morgan fingerprint density at radius 3 is 2.93 bits per heavy atom. The Bertz CT molecular complexity index is 310. The van der Waals surface area contributed by atoms with E-state index in [9.17, 15) is 0 Å². The van der Waals surface area contributed by atoms with Gasteiger partial charge >= 0.3 is 0 Å². The molecule has 3 nitrogen and oxygen atoms in total. The minimum absolute atomic E-state index is 0.982. The van der Waals surface area contributed by atoms with Gasteiger partial charge < -0.3 is 5.32 Å². The van der Waals surface area contributed by atoms with Crippen molar-refractivity contribution in [2.24, 2.45) is 0 Å². The van der Waals surface area contributed by atoms with Crippen LogP contribution in [-0.2, 0) is 6.54 Å². The molecule has 1 aromatic heterocycles. The summed E-state index contributed by atoms with van der Waals surface area (Å²) in [5.74, 6) is 0. The highest BCUT2D eigenvalue weighted by molar-refractivity contribution is 7.98. The first kappa shape index (κ1) is 10.9. The van der Waals surface area contributed by atoms with Gasteiger partial charge in [0.15, 0.2) is 0 Å². The molecule has 0 unspecified atom stereocenters. The van der Waals surface area contributed by atoms with Crippen LogP contribution in [-0.4, -0.2) is 42.3 Å². The van der Waals surface area contributed by atoms with Gasteiger partial charge in [-0.15, -0.1) is 11.8 Å². The lowest BCUT2D eigenvalue weighted by molar-refractivity contribution is 0.230. The van der Waals surface area contributed by atoms with Gasteiger partial charge in [-0.05, 0) is 18.4 Å². The molecule has 15 heavy (non-hydrogen) atoms. The van der Waals surface area contributed by atoms with E-state index in [4.69, 9.17) is 0 Å². The molecule has 0 spiro atoms. The predicted octanol–water partition coefficient (Wildman–Crippen LogP) is 1.21. The van der Waals surface area contributed by atoms with Crippen molar-refractivity contribution < 1.29 is 0 Å². The second kappa shape index (κ2) is 5.49. The van der Waals surface area contributed by atoms with Crippen molar-refractivity contribution in [2.75, 3.05) is 32.4 Å². The Hall–Kier alpha value is -0.580. The smallest absolute Gasteiger partial charge is 0.0961 e. The van der Waals surface area contributed by atoms with E-state index in [0.29, 0.717) is 0 Å². The van der Waals surface area contributed by atoms with Gasteiger partial charge in [0.25, 0.3) is 0 Å². The van der Waals surface area contributed by atoms with Gasteiger partial charge in [-0.1, -0.05) is 6.07 Å². The highest BCUT2D eigenvalue weighted by Crippen LogP contribution is 2.12. The van der Waals surface area contributed by atoms with E-state index in [-0.39, 0.29) is 0 Å². The van der Waals surface area contributed by atoms with E-state index >= 15 is 0 Å². The Labute approximate surface area is 95.3 Å². The zero-order valence-corrected chi connectivity index (χ0v) is 9.89. The molecule has 0 amide bonds. The molecule has 1 N–H and O–H groups in total. The second-order valence-electron chi connectivity index (χ2n) is 3.70. The molecule has 0 saturated carbocycles. The van der Waals surface area contributed by atoms with Crippen LogP contribution in [0.3, 0.4) is 0 Å². The lowest BCUT2D eigenvalue weighted by Crippen LogP contribution is -2.43. The van der Waals surface area contributed by atoms with Crippen LogP contribution < -0.4 is 5.32 Å². The fourth-order valence-corrected chi connectivity index (χ4v) is 2.18. The highest BCUT2D eigenvalue weighted by Gasteiger charge is 2.10.